The van der Waals surface area contributed by atoms with Crippen LogP contribution in [-0.4, -0.2) is 39.6 Å². The van der Waals surface area contributed by atoms with Gasteiger partial charge in [-0.1, -0.05) is 29.8 Å². The summed E-state index contributed by atoms with van der Waals surface area (Å²) in [5.74, 6) is 0.988. The lowest BCUT2D eigenvalue weighted by molar-refractivity contribution is -0.142. The second-order valence-electron chi connectivity index (χ2n) is 5.53. The van der Waals surface area contributed by atoms with E-state index in [1.54, 1.807) is 25.5 Å². The molecule has 0 heterocycles. The molecule has 0 fully saturated rings. The van der Waals surface area contributed by atoms with Crippen molar-refractivity contribution in [1.82, 2.24) is 5.43 Å². The summed E-state index contributed by atoms with van der Waals surface area (Å²) in [6.45, 7) is 2.50. The van der Waals surface area contributed by atoms with Gasteiger partial charge in [0.15, 0.2) is 18.1 Å². The average molecular weight is 407 g/mol. The Kier molecular flexibility index (Phi) is 8.42. The summed E-state index contributed by atoms with van der Waals surface area (Å²) in [7, 11) is 2.91. The van der Waals surface area contributed by atoms with Crippen molar-refractivity contribution in [2.24, 2.45) is 5.10 Å². The van der Waals surface area contributed by atoms with E-state index in [1.807, 2.05) is 31.2 Å². The van der Waals surface area contributed by atoms with Crippen molar-refractivity contribution in [3.63, 3.8) is 0 Å². The lowest BCUT2D eigenvalue weighted by atomic mass is 10.2. The fraction of sp³-hybridized carbons (Fsp3) is 0.300. The standard InChI is InChI=1S/C20H23ClN2O5/c1-4-27-18-10-14(9-16(21)20(18)28-13-19(24)26-3)11-22-23-12-15-7-5-6-8-17(15)25-2/h5-11,23H,4,12-13H2,1-3H3/b22-11-. The maximum absolute atomic E-state index is 11.3. The number of hydrogen-bond donors (Lipinski definition) is 1. The third-order valence-corrected chi connectivity index (χ3v) is 3.94. The first kappa shape index (κ1) is 21.4. The van der Waals surface area contributed by atoms with Crippen LogP contribution in [-0.2, 0) is 16.1 Å². The van der Waals surface area contributed by atoms with E-state index in [1.165, 1.54) is 7.11 Å². The number of nitrogens with zero attached hydrogens (tertiary/aromatic N) is 1. The van der Waals surface area contributed by atoms with E-state index in [4.69, 9.17) is 25.8 Å². The quantitative estimate of drug-likeness (QED) is 0.370. The van der Waals surface area contributed by atoms with Crippen molar-refractivity contribution >= 4 is 23.8 Å². The van der Waals surface area contributed by atoms with Crippen molar-refractivity contribution in [1.29, 1.82) is 0 Å². The van der Waals surface area contributed by atoms with E-state index < -0.39 is 5.97 Å². The molecule has 0 atom stereocenters. The molecule has 8 heteroatoms. The van der Waals surface area contributed by atoms with Crippen LogP contribution in [0.3, 0.4) is 0 Å². The first-order chi connectivity index (χ1) is 13.6. The summed E-state index contributed by atoms with van der Waals surface area (Å²) >= 11 is 6.29. The number of methoxy groups -OCH3 is 2. The Morgan fingerprint density at radius 2 is 1.96 bits per heavy atom. The number of halogens is 1. The number of hydrogen-bond acceptors (Lipinski definition) is 7. The number of esters is 1. The van der Waals surface area contributed by atoms with Crippen molar-refractivity contribution in [2.75, 3.05) is 27.4 Å². The van der Waals surface area contributed by atoms with Crippen LogP contribution in [0.15, 0.2) is 41.5 Å². The molecule has 1 N–H and O–H groups in total. The number of ether oxygens (including phenoxy) is 4. The number of carbonyl (C=O) groups excluding carboxylic acids is 1. The van der Waals surface area contributed by atoms with Gasteiger partial charge in [-0.2, -0.15) is 5.10 Å². The molecule has 0 amide bonds. The summed E-state index contributed by atoms with van der Waals surface area (Å²) < 4.78 is 20.9. The minimum absolute atomic E-state index is 0.260. The lowest BCUT2D eigenvalue weighted by Gasteiger charge is -2.13. The molecule has 0 aliphatic carbocycles. The van der Waals surface area contributed by atoms with E-state index in [-0.39, 0.29) is 12.4 Å². The Bertz CT molecular complexity index is 826. The fourth-order valence-corrected chi connectivity index (χ4v) is 2.63. The highest BCUT2D eigenvalue weighted by atomic mass is 35.5. The second kappa shape index (κ2) is 11.0. The van der Waals surface area contributed by atoms with Gasteiger partial charge in [0.2, 0.25) is 0 Å². The van der Waals surface area contributed by atoms with Crippen molar-refractivity contribution < 1.29 is 23.7 Å². The maximum Gasteiger partial charge on any atom is 0.343 e. The minimum Gasteiger partial charge on any atom is -0.496 e. The molecular formula is C20H23ClN2O5. The molecule has 7 nitrogen and oxygen atoms in total. The predicted octanol–water partition coefficient (Wildman–Crippen LogP) is 3.42. The molecule has 0 saturated carbocycles. The third kappa shape index (κ3) is 6.06. The summed E-state index contributed by atoms with van der Waals surface area (Å²) in [6.07, 6.45) is 1.62. The van der Waals surface area contributed by atoms with Gasteiger partial charge in [0.05, 0.1) is 38.6 Å². The number of benzene rings is 2. The van der Waals surface area contributed by atoms with Gasteiger partial charge in [-0.15, -0.1) is 0 Å². The Labute approximate surface area is 169 Å². The highest BCUT2D eigenvalue weighted by Gasteiger charge is 2.14. The van der Waals surface area contributed by atoms with Gasteiger partial charge >= 0.3 is 5.97 Å². The van der Waals surface area contributed by atoms with Gasteiger partial charge < -0.3 is 24.4 Å². The van der Waals surface area contributed by atoms with Crippen molar-refractivity contribution in [3.05, 3.63) is 52.5 Å². The van der Waals surface area contributed by atoms with Crippen LogP contribution >= 0.6 is 11.6 Å². The molecule has 0 radical (unpaired) electrons. The molecule has 0 spiro atoms. The van der Waals surface area contributed by atoms with Crippen LogP contribution in [0.2, 0.25) is 5.02 Å². The normalized spacial score (nSPS) is 10.6. The first-order valence-corrected chi connectivity index (χ1v) is 9.00. The molecule has 2 aromatic rings. The van der Waals surface area contributed by atoms with E-state index in [2.05, 4.69) is 15.3 Å². The molecule has 0 aliphatic rings. The van der Waals surface area contributed by atoms with E-state index in [0.717, 1.165) is 11.3 Å². The van der Waals surface area contributed by atoms with Crippen LogP contribution in [0.4, 0.5) is 0 Å². The topological polar surface area (TPSA) is 78.4 Å². The van der Waals surface area contributed by atoms with E-state index >= 15 is 0 Å². The number of para-hydroxylation sites is 1. The smallest absolute Gasteiger partial charge is 0.343 e. The summed E-state index contributed by atoms with van der Waals surface area (Å²) in [5, 5.41) is 4.52. The second-order valence-corrected chi connectivity index (χ2v) is 5.94. The minimum atomic E-state index is -0.510. The molecule has 0 bridgehead atoms. The number of nitrogens with one attached hydrogen (secondary N) is 1. The molecule has 150 valence electrons. The van der Waals surface area contributed by atoms with Crippen LogP contribution < -0.4 is 19.6 Å². The summed E-state index contributed by atoms with van der Waals surface area (Å²) in [5.41, 5.74) is 4.67. The average Bonchev–Trinajstić information content (AvgIpc) is 2.70. The van der Waals surface area contributed by atoms with Gasteiger partial charge in [-0.25, -0.2) is 4.79 Å². The highest BCUT2D eigenvalue weighted by Crippen LogP contribution is 2.36. The molecule has 0 aromatic heterocycles. The van der Waals surface area contributed by atoms with Crippen LogP contribution in [0.25, 0.3) is 0 Å². The van der Waals surface area contributed by atoms with Crippen LogP contribution in [0, 0.1) is 0 Å². The largest absolute Gasteiger partial charge is 0.496 e. The lowest BCUT2D eigenvalue weighted by Crippen LogP contribution is -2.13. The monoisotopic (exact) mass is 406 g/mol. The zero-order valence-electron chi connectivity index (χ0n) is 16.0. The van der Waals surface area contributed by atoms with Gasteiger partial charge in [0, 0.05) is 5.56 Å². The molecule has 2 aromatic carbocycles. The van der Waals surface area contributed by atoms with Gasteiger partial charge in [-0.05, 0) is 30.7 Å². The number of hydrazone groups is 1. The Morgan fingerprint density at radius 3 is 2.68 bits per heavy atom. The summed E-state index contributed by atoms with van der Waals surface area (Å²) in [6, 6.07) is 11.1. The summed E-state index contributed by atoms with van der Waals surface area (Å²) in [4.78, 5) is 11.3. The van der Waals surface area contributed by atoms with Gasteiger partial charge in [-0.3, -0.25) is 0 Å². The van der Waals surface area contributed by atoms with E-state index in [0.29, 0.717) is 29.5 Å². The number of rotatable bonds is 10. The number of carbonyl (C=O) groups is 1. The van der Waals surface area contributed by atoms with Gasteiger partial charge in [0.1, 0.15) is 5.75 Å². The molecule has 28 heavy (non-hydrogen) atoms. The molecule has 0 aliphatic heterocycles. The predicted molar refractivity (Wildman–Crippen MR) is 108 cm³/mol. The van der Waals surface area contributed by atoms with E-state index in [9.17, 15) is 4.79 Å². The molecule has 0 unspecified atom stereocenters. The highest BCUT2D eigenvalue weighted by molar-refractivity contribution is 6.32. The first-order valence-electron chi connectivity index (χ1n) is 8.62. The SMILES string of the molecule is CCOc1cc(/C=N\NCc2ccccc2OC)cc(Cl)c1OCC(=O)OC. The Balaban J connectivity index is 2.08. The van der Waals surface area contributed by atoms with Crippen LogP contribution in [0.5, 0.6) is 17.2 Å². The Hall–Kier alpha value is -2.93. The third-order valence-electron chi connectivity index (χ3n) is 3.66. The van der Waals surface area contributed by atoms with Crippen molar-refractivity contribution in [2.45, 2.75) is 13.5 Å². The molecular weight excluding hydrogens is 384 g/mol. The zero-order chi connectivity index (χ0) is 20.4. The zero-order valence-corrected chi connectivity index (χ0v) is 16.8. The molecule has 0 saturated heterocycles. The Morgan fingerprint density at radius 1 is 1.18 bits per heavy atom. The maximum atomic E-state index is 11.3. The van der Waals surface area contributed by atoms with Gasteiger partial charge in [0.25, 0.3) is 0 Å². The van der Waals surface area contributed by atoms with Crippen molar-refractivity contribution in [3.8, 4) is 17.2 Å². The van der Waals surface area contributed by atoms with Crippen LogP contribution in [0.1, 0.15) is 18.1 Å². The molecule has 2 rings (SSSR count). The fourth-order valence-electron chi connectivity index (χ4n) is 2.36.